The maximum absolute atomic E-state index is 12.1. The van der Waals surface area contributed by atoms with E-state index < -0.39 is 39.2 Å². The molecule has 26 heavy (non-hydrogen) atoms. The Morgan fingerprint density at radius 1 is 1.38 bits per heavy atom. The van der Waals surface area contributed by atoms with Crippen LogP contribution in [0.1, 0.15) is 20.3 Å². The SMILES string of the molecule is CC(=O)NCCSC1=C(C(=O)[O-])N2C(=O)[C@@H]([C@H](C)S(=O)(=O)[O-])[C@H]2C1.[Na+].[Na+]. The first-order valence-corrected chi connectivity index (χ1v) is 9.61. The number of amides is 2. The molecule has 0 saturated carbocycles. The number of nitrogens with zero attached hydrogens (tertiary/aromatic N) is 1. The quantitative estimate of drug-likeness (QED) is 0.184. The second-order valence-electron chi connectivity index (χ2n) is 5.59. The fraction of sp³-hybridized carbons (Fsp3) is 0.615. The third-order valence-corrected chi connectivity index (χ3v) is 6.40. The number of hydrogen-bond acceptors (Lipinski definition) is 8. The van der Waals surface area contributed by atoms with Crippen molar-refractivity contribution in [3.8, 4) is 0 Å². The van der Waals surface area contributed by atoms with Gasteiger partial charge in [0.2, 0.25) is 11.8 Å². The number of carboxylic acid groups (broad SMARTS) is 1. The molecule has 0 aromatic heterocycles. The number of thioether (sulfide) groups is 1. The molecule has 1 fully saturated rings. The molecule has 134 valence electrons. The number of hydrogen-bond donors (Lipinski definition) is 1. The van der Waals surface area contributed by atoms with Crippen molar-refractivity contribution in [1.82, 2.24) is 10.2 Å². The Labute approximate surface area is 200 Å². The first kappa shape index (κ1) is 26.4. The molecule has 2 heterocycles. The van der Waals surface area contributed by atoms with Gasteiger partial charge in [0.05, 0.1) is 39.0 Å². The summed E-state index contributed by atoms with van der Waals surface area (Å²) in [6, 6.07) is -0.660. The van der Waals surface area contributed by atoms with Crippen molar-refractivity contribution in [1.29, 1.82) is 0 Å². The summed E-state index contributed by atoms with van der Waals surface area (Å²) in [5.74, 6) is -3.09. The zero-order chi connectivity index (χ0) is 18.2. The zero-order valence-electron chi connectivity index (χ0n) is 15.0. The normalized spacial score (nSPS) is 22.6. The van der Waals surface area contributed by atoms with Crippen LogP contribution in [0.4, 0.5) is 0 Å². The van der Waals surface area contributed by atoms with Gasteiger partial charge in [-0.3, -0.25) is 9.59 Å². The Balaban J connectivity index is 0.00000312. The summed E-state index contributed by atoms with van der Waals surface area (Å²) in [4.78, 5) is 35.7. The molecule has 2 aliphatic heterocycles. The summed E-state index contributed by atoms with van der Waals surface area (Å²) >= 11 is 1.16. The summed E-state index contributed by atoms with van der Waals surface area (Å²) in [5.41, 5.74) is -0.274. The molecule has 0 aliphatic carbocycles. The van der Waals surface area contributed by atoms with E-state index in [1.807, 2.05) is 0 Å². The van der Waals surface area contributed by atoms with E-state index in [1.54, 1.807) is 0 Å². The second kappa shape index (κ2) is 10.3. The molecule has 9 nitrogen and oxygen atoms in total. The first-order valence-electron chi connectivity index (χ1n) is 7.15. The molecular formula is C13H16N2Na2O7S2. The number of rotatable bonds is 7. The van der Waals surface area contributed by atoms with Crippen LogP contribution in [0.25, 0.3) is 0 Å². The maximum atomic E-state index is 12.1. The predicted molar refractivity (Wildman–Crippen MR) is 81.1 cm³/mol. The van der Waals surface area contributed by atoms with E-state index in [1.165, 1.54) is 6.92 Å². The van der Waals surface area contributed by atoms with Crippen molar-refractivity contribution in [3.05, 3.63) is 10.6 Å². The fourth-order valence-corrected chi connectivity index (χ4v) is 4.63. The van der Waals surface area contributed by atoms with Gasteiger partial charge in [0.1, 0.15) is 0 Å². The van der Waals surface area contributed by atoms with Gasteiger partial charge in [0.25, 0.3) is 0 Å². The number of β-lactam (4-membered cyclic amide) rings is 1. The van der Waals surface area contributed by atoms with Gasteiger partial charge in [-0.05, 0) is 6.92 Å². The van der Waals surface area contributed by atoms with E-state index in [-0.39, 0.29) is 77.1 Å². The van der Waals surface area contributed by atoms with Gasteiger partial charge in [0.15, 0.2) is 0 Å². The van der Waals surface area contributed by atoms with Gasteiger partial charge >= 0.3 is 59.1 Å². The van der Waals surface area contributed by atoms with Crippen LogP contribution in [-0.2, 0) is 24.5 Å². The molecule has 0 bridgehead atoms. The fourth-order valence-electron chi connectivity index (χ4n) is 2.92. The van der Waals surface area contributed by atoms with Gasteiger partial charge in [-0.25, -0.2) is 8.42 Å². The predicted octanol–water partition coefficient (Wildman–Crippen LogP) is -8.01. The van der Waals surface area contributed by atoms with Crippen LogP contribution in [0, 0.1) is 5.92 Å². The van der Waals surface area contributed by atoms with E-state index in [0.29, 0.717) is 17.2 Å². The Morgan fingerprint density at radius 2 is 1.96 bits per heavy atom. The maximum Gasteiger partial charge on any atom is 1.00 e. The minimum Gasteiger partial charge on any atom is -0.748 e. The minimum absolute atomic E-state index is 0. The van der Waals surface area contributed by atoms with Crippen LogP contribution in [0.3, 0.4) is 0 Å². The van der Waals surface area contributed by atoms with Crippen molar-refractivity contribution in [3.63, 3.8) is 0 Å². The standard InChI is InChI=1S/C13H18N2O7S2.2Na/c1-6(24(20,21)22)10-8-5-9(23-4-3-14-7(2)16)11(13(18)19)15(8)12(10)17;;/h6,8,10H,3-5H2,1-2H3,(H,14,16)(H,18,19)(H,20,21,22);;/q;2*+1/p-2/t6-,8+,10-;;/m0../s1. The number of fused-ring (bicyclic) bond motifs is 1. The van der Waals surface area contributed by atoms with E-state index in [2.05, 4.69) is 5.32 Å². The van der Waals surface area contributed by atoms with Crippen molar-refractivity contribution < 1.29 is 91.6 Å². The van der Waals surface area contributed by atoms with Crippen LogP contribution in [0.2, 0.25) is 0 Å². The summed E-state index contributed by atoms with van der Waals surface area (Å²) in [5, 5.41) is 12.5. The van der Waals surface area contributed by atoms with Crippen LogP contribution in [0.15, 0.2) is 10.6 Å². The molecule has 0 radical (unpaired) electrons. The van der Waals surface area contributed by atoms with E-state index in [9.17, 15) is 32.5 Å². The Hall–Kier alpha value is 0.410. The first-order chi connectivity index (χ1) is 11.1. The Bertz CT molecular complexity index is 726. The number of carboxylic acids is 1. The molecule has 1 saturated heterocycles. The molecule has 1 N–H and O–H groups in total. The number of nitrogens with one attached hydrogen (secondary N) is 1. The van der Waals surface area contributed by atoms with Crippen molar-refractivity contribution >= 4 is 39.7 Å². The van der Waals surface area contributed by atoms with Gasteiger partial charge < -0.3 is 24.7 Å². The average molecular weight is 422 g/mol. The average Bonchev–Trinajstić information content (AvgIpc) is 2.77. The molecule has 0 unspecified atom stereocenters. The van der Waals surface area contributed by atoms with Gasteiger partial charge in [-0.1, -0.05) is 0 Å². The Morgan fingerprint density at radius 3 is 2.42 bits per heavy atom. The molecule has 0 aromatic rings. The number of carbonyl (C=O) groups excluding carboxylic acids is 3. The van der Waals surface area contributed by atoms with E-state index in [4.69, 9.17) is 0 Å². The van der Waals surface area contributed by atoms with Crippen LogP contribution in [0.5, 0.6) is 0 Å². The van der Waals surface area contributed by atoms with Gasteiger partial charge in [0, 0.05) is 30.5 Å². The zero-order valence-corrected chi connectivity index (χ0v) is 20.6. The van der Waals surface area contributed by atoms with Gasteiger partial charge in [-0.15, -0.1) is 11.8 Å². The van der Waals surface area contributed by atoms with Crippen molar-refractivity contribution in [2.24, 2.45) is 5.92 Å². The minimum atomic E-state index is -4.65. The third kappa shape index (κ3) is 5.48. The van der Waals surface area contributed by atoms with Gasteiger partial charge in [-0.2, -0.15) is 0 Å². The third-order valence-electron chi connectivity index (χ3n) is 4.08. The molecule has 3 atom stereocenters. The summed E-state index contributed by atoms with van der Waals surface area (Å²) < 4.78 is 33.5. The number of carbonyl (C=O) groups is 3. The molecular weight excluding hydrogens is 406 g/mol. The molecule has 2 amide bonds. The summed E-state index contributed by atoms with van der Waals surface area (Å²) in [7, 11) is -4.65. The Kier molecular flexibility index (Phi) is 10.4. The summed E-state index contributed by atoms with van der Waals surface area (Å²) in [6.45, 7) is 2.83. The van der Waals surface area contributed by atoms with Crippen molar-refractivity contribution in [2.45, 2.75) is 31.6 Å². The van der Waals surface area contributed by atoms with Crippen LogP contribution in [-0.4, -0.2) is 59.2 Å². The van der Waals surface area contributed by atoms with Crippen molar-refractivity contribution in [2.75, 3.05) is 12.3 Å². The second-order valence-corrected chi connectivity index (χ2v) is 8.51. The van der Waals surface area contributed by atoms with Crippen LogP contribution >= 0.6 is 11.8 Å². The van der Waals surface area contributed by atoms with Crippen LogP contribution < -0.4 is 69.5 Å². The van der Waals surface area contributed by atoms with E-state index >= 15 is 0 Å². The molecule has 13 heteroatoms. The van der Waals surface area contributed by atoms with E-state index in [0.717, 1.165) is 23.6 Å². The monoisotopic (exact) mass is 422 g/mol. The molecule has 2 aliphatic rings. The summed E-state index contributed by atoms with van der Waals surface area (Å²) in [6.07, 6.45) is 0.157. The molecule has 0 aromatic carbocycles. The smallest absolute Gasteiger partial charge is 0.748 e. The molecule has 0 spiro atoms. The largest absolute Gasteiger partial charge is 1.00 e. The number of aliphatic carboxylic acids is 1. The molecule has 2 rings (SSSR count). The topological polar surface area (TPSA) is 147 Å².